The molecule has 0 saturated carbocycles. The molecule has 0 spiro atoms. The van der Waals surface area contributed by atoms with Crippen molar-refractivity contribution in [1.82, 2.24) is 9.80 Å². The van der Waals surface area contributed by atoms with Crippen molar-refractivity contribution in [1.29, 1.82) is 0 Å². The first-order valence-corrected chi connectivity index (χ1v) is 22.3. The summed E-state index contributed by atoms with van der Waals surface area (Å²) < 4.78 is 11.6. The van der Waals surface area contributed by atoms with E-state index in [0.29, 0.717) is 4.91 Å². The molecule has 3 N–H and O–H groups in total. The number of aliphatic hydroxyl groups excluding tert-OH is 1. The van der Waals surface area contributed by atoms with Crippen LogP contribution in [-0.4, -0.2) is 96.5 Å². The van der Waals surface area contributed by atoms with Crippen LogP contribution in [0.25, 0.3) is 0 Å². The summed E-state index contributed by atoms with van der Waals surface area (Å²) in [7, 11) is -4.66. The Hall–Kier alpha value is -3.15. The number of carboxylic acids is 1. The number of carbonyl (C=O) groups is 5. The van der Waals surface area contributed by atoms with Gasteiger partial charge >= 0.3 is 18.0 Å². The molecule has 15 heteroatoms. The Morgan fingerprint density at radius 1 is 1.07 bits per heavy atom. The third-order valence-electron chi connectivity index (χ3n) is 7.56. The topological polar surface area (TPSA) is 163 Å². The van der Waals surface area contributed by atoms with E-state index in [1.54, 1.807) is 13.0 Å². The number of nitrogens with zero attached hydrogens (tertiary/aromatic N) is 2. The zero-order valence-corrected chi connectivity index (χ0v) is 29.1. The number of β-lactam (4-membered cyclic amide) rings is 1. The molecule has 6 atom stereocenters. The first kappa shape index (κ1) is 33.7. The summed E-state index contributed by atoms with van der Waals surface area (Å²) in [4.78, 5) is 68.4. The van der Waals surface area contributed by atoms with E-state index in [4.69, 9.17) is 8.85 Å². The number of fused-ring (bicyclic) bond motifs is 1. The van der Waals surface area contributed by atoms with Crippen LogP contribution in [0.5, 0.6) is 0 Å². The fraction of sp³-hybridized carbons (Fsp3) is 0.552. The molecule has 240 valence electrons. The van der Waals surface area contributed by atoms with E-state index in [1.807, 2.05) is 46.2 Å². The van der Waals surface area contributed by atoms with Gasteiger partial charge in [0.1, 0.15) is 11.7 Å². The van der Waals surface area contributed by atoms with Gasteiger partial charge in [0.05, 0.1) is 23.6 Å². The molecular weight excluding hydrogens is 623 g/mol. The molecule has 0 aromatic heterocycles. The summed E-state index contributed by atoms with van der Waals surface area (Å²) in [6, 6.07) is 4.51. The van der Waals surface area contributed by atoms with Gasteiger partial charge in [0.15, 0.2) is 0 Å². The number of hydrogen-bond acceptors (Lipinski definition) is 9. The summed E-state index contributed by atoms with van der Waals surface area (Å²) in [5.74, 6) is -3.48. The molecule has 44 heavy (non-hydrogen) atoms. The van der Waals surface area contributed by atoms with E-state index in [-0.39, 0.29) is 47.0 Å². The molecule has 0 bridgehead atoms. The first-order chi connectivity index (χ1) is 20.3. The van der Waals surface area contributed by atoms with Crippen molar-refractivity contribution in [2.24, 2.45) is 11.8 Å². The minimum Gasteiger partial charge on any atom is -0.515 e. The van der Waals surface area contributed by atoms with Gasteiger partial charge in [-0.1, -0.05) is 13.0 Å². The zero-order chi connectivity index (χ0) is 32.9. The van der Waals surface area contributed by atoms with E-state index in [1.165, 1.54) is 39.8 Å². The van der Waals surface area contributed by atoms with Crippen LogP contribution in [0, 0.1) is 11.8 Å². The first-order valence-electron chi connectivity index (χ1n) is 14.6. The molecule has 2 saturated heterocycles. The fourth-order valence-corrected chi connectivity index (χ4v) is 8.60. The lowest BCUT2D eigenvalue weighted by molar-refractivity contribution is -0.162. The standard InChI is InChI=1S/C29H41N3O9SSi2/c1-15-22-21(16(2)33)26(35)32(22)23(28(38)40-43(3,4)5)24(15)42-19-13-20(31(14-19)29(39)41-44(6,7)8)25(34)30-18-11-9-10-17(12-18)27(36)37/h9-12,15-16,19-22,33H,13-14H2,1-8H3,(H,30,34)(H,36,37)/t15-,16-,19+,20+,21-,22+/m1/s1. The SMILES string of the molecule is C[C@@H](O)[C@H]1C(=O)N2C(C(=O)O[Si](C)(C)C)=C(S[C@H]3C[C@@H](C(=O)Nc4cccc(C(=O)O)c4)N(C(=O)O[Si](C)(C)C)C3)[C@H](C)[C@@H]12. The van der Waals surface area contributed by atoms with E-state index < -0.39 is 64.7 Å². The van der Waals surface area contributed by atoms with Gasteiger partial charge in [0.2, 0.25) is 28.4 Å². The summed E-state index contributed by atoms with van der Waals surface area (Å²) in [5.41, 5.74) is 0.457. The second-order valence-corrected chi connectivity index (χ2v) is 23.7. The Balaban J connectivity index is 1.64. The number of nitrogens with one attached hydrogen (secondary N) is 1. The number of thioether (sulfide) groups is 1. The van der Waals surface area contributed by atoms with Crippen molar-refractivity contribution in [2.45, 2.75) is 83.0 Å². The van der Waals surface area contributed by atoms with Gasteiger partial charge in [0, 0.05) is 28.3 Å². The lowest BCUT2D eigenvalue weighted by Crippen LogP contribution is -2.63. The van der Waals surface area contributed by atoms with Gasteiger partial charge in [-0.2, -0.15) is 0 Å². The normalized spacial score (nSPS) is 25.8. The molecule has 3 amide bonds. The third kappa shape index (κ3) is 7.05. The predicted octanol–water partition coefficient (Wildman–Crippen LogP) is 3.92. The number of hydrogen-bond donors (Lipinski definition) is 3. The van der Waals surface area contributed by atoms with Gasteiger partial charge in [-0.3, -0.25) is 14.5 Å². The molecule has 12 nitrogen and oxygen atoms in total. The maximum atomic E-state index is 13.6. The highest BCUT2D eigenvalue weighted by Crippen LogP contribution is 2.52. The molecule has 1 aromatic rings. The molecule has 4 rings (SSSR count). The minimum absolute atomic E-state index is 0.00669. The Bertz CT molecular complexity index is 1400. The smallest absolute Gasteiger partial charge is 0.396 e. The number of likely N-dealkylation sites (tertiary alicyclic amines) is 1. The number of benzene rings is 1. The molecule has 0 aliphatic carbocycles. The average Bonchev–Trinajstić information content (AvgIpc) is 3.40. The monoisotopic (exact) mass is 663 g/mol. The molecule has 0 radical (unpaired) electrons. The van der Waals surface area contributed by atoms with Crippen LogP contribution in [0.2, 0.25) is 39.3 Å². The Morgan fingerprint density at radius 2 is 1.70 bits per heavy atom. The van der Waals surface area contributed by atoms with Gasteiger partial charge in [-0.15, -0.1) is 11.8 Å². The number of aliphatic hydroxyl groups is 1. The van der Waals surface area contributed by atoms with Crippen LogP contribution < -0.4 is 5.32 Å². The van der Waals surface area contributed by atoms with Crippen molar-refractivity contribution in [3.8, 4) is 0 Å². The second-order valence-electron chi connectivity index (χ2n) is 13.5. The lowest BCUT2D eigenvalue weighted by atomic mass is 9.79. The maximum absolute atomic E-state index is 13.6. The van der Waals surface area contributed by atoms with Crippen LogP contribution in [0.3, 0.4) is 0 Å². The van der Waals surface area contributed by atoms with Crippen LogP contribution in [0.1, 0.15) is 30.6 Å². The number of amides is 3. The molecular formula is C29H41N3O9SSi2. The number of carbonyl (C=O) groups excluding carboxylic acids is 4. The summed E-state index contributed by atoms with van der Waals surface area (Å²) in [5, 5.41) is 22.1. The summed E-state index contributed by atoms with van der Waals surface area (Å²) in [6.45, 7) is 14.8. The fourth-order valence-electron chi connectivity index (χ4n) is 5.78. The van der Waals surface area contributed by atoms with Crippen molar-refractivity contribution < 1.29 is 43.0 Å². The molecule has 3 aliphatic rings. The highest BCUT2D eigenvalue weighted by atomic mass is 32.2. The highest BCUT2D eigenvalue weighted by molar-refractivity contribution is 8.03. The average molecular weight is 664 g/mol. The van der Waals surface area contributed by atoms with E-state index >= 15 is 0 Å². The van der Waals surface area contributed by atoms with Gasteiger partial charge in [-0.05, 0) is 70.8 Å². The summed E-state index contributed by atoms with van der Waals surface area (Å²) >= 11 is 1.34. The van der Waals surface area contributed by atoms with Gasteiger partial charge < -0.3 is 29.3 Å². The minimum atomic E-state index is -2.33. The number of anilines is 1. The Kier molecular flexibility index (Phi) is 9.45. The number of rotatable bonds is 9. The van der Waals surface area contributed by atoms with Crippen molar-refractivity contribution in [2.75, 3.05) is 11.9 Å². The molecule has 0 unspecified atom stereocenters. The third-order valence-corrected chi connectivity index (χ3v) is 10.6. The molecule has 2 fully saturated rings. The number of carboxylic acid groups (broad SMARTS) is 1. The second kappa shape index (κ2) is 12.3. The maximum Gasteiger partial charge on any atom is 0.396 e. The van der Waals surface area contributed by atoms with E-state index in [9.17, 15) is 34.2 Å². The largest absolute Gasteiger partial charge is 0.515 e. The Labute approximate surface area is 263 Å². The van der Waals surface area contributed by atoms with Crippen LogP contribution >= 0.6 is 11.8 Å². The molecule has 1 aromatic carbocycles. The molecule has 3 heterocycles. The van der Waals surface area contributed by atoms with Gasteiger partial charge in [0.25, 0.3) is 0 Å². The van der Waals surface area contributed by atoms with Crippen LogP contribution in [0.15, 0.2) is 34.9 Å². The van der Waals surface area contributed by atoms with Crippen LogP contribution in [0.4, 0.5) is 10.5 Å². The van der Waals surface area contributed by atoms with Crippen molar-refractivity contribution >= 4 is 63.9 Å². The van der Waals surface area contributed by atoms with E-state index in [0.717, 1.165) is 0 Å². The number of aromatic carboxylic acids is 1. The van der Waals surface area contributed by atoms with Crippen molar-refractivity contribution in [3.05, 3.63) is 40.4 Å². The predicted molar refractivity (Wildman–Crippen MR) is 170 cm³/mol. The lowest BCUT2D eigenvalue weighted by Gasteiger charge is -2.46. The zero-order valence-electron chi connectivity index (χ0n) is 26.2. The summed E-state index contributed by atoms with van der Waals surface area (Å²) in [6.07, 6.45) is -1.29. The van der Waals surface area contributed by atoms with Crippen molar-refractivity contribution in [3.63, 3.8) is 0 Å². The van der Waals surface area contributed by atoms with Crippen LogP contribution in [-0.2, 0) is 23.2 Å². The quantitative estimate of drug-likeness (QED) is 0.261. The highest BCUT2D eigenvalue weighted by Gasteiger charge is 2.61. The molecule has 3 aliphatic heterocycles. The van der Waals surface area contributed by atoms with E-state index in [2.05, 4.69) is 5.32 Å². The Morgan fingerprint density at radius 3 is 2.27 bits per heavy atom. The van der Waals surface area contributed by atoms with Gasteiger partial charge in [-0.25, -0.2) is 14.4 Å².